The van der Waals surface area contributed by atoms with Crippen LogP contribution in [0.3, 0.4) is 0 Å². The number of benzene rings is 2. The number of fused-ring (bicyclic) bond motifs is 3. The molecule has 0 bridgehead atoms. The van der Waals surface area contributed by atoms with Gasteiger partial charge >= 0.3 is 0 Å². The first-order chi connectivity index (χ1) is 15.4. The smallest absolute Gasteiger partial charge is 0.239 e. The molecule has 8 nitrogen and oxygen atoms in total. The van der Waals surface area contributed by atoms with Gasteiger partial charge in [0.05, 0.1) is 18.5 Å². The van der Waals surface area contributed by atoms with Gasteiger partial charge < -0.3 is 4.74 Å². The van der Waals surface area contributed by atoms with Crippen molar-refractivity contribution >= 4 is 0 Å². The fraction of sp³-hybridized carbons (Fsp3) is 0.0870. The SMILES string of the molecule is c1ccc(-c2nc(-c3ccccc3)nc(-n3cnc4c3CCOc3ccnn3-4)n2)cc1. The normalized spacial score (nSPS) is 12.5. The molecule has 0 aliphatic carbocycles. The van der Waals surface area contributed by atoms with Crippen LogP contribution in [0, 0.1) is 0 Å². The molecular formula is C23H17N7O. The van der Waals surface area contributed by atoms with E-state index in [1.54, 1.807) is 17.2 Å². The second-order valence-electron chi connectivity index (χ2n) is 7.08. The Morgan fingerprint density at radius 2 is 1.45 bits per heavy atom. The Morgan fingerprint density at radius 3 is 2.13 bits per heavy atom. The molecule has 0 saturated carbocycles. The lowest BCUT2D eigenvalue weighted by molar-refractivity contribution is 0.306. The summed E-state index contributed by atoms with van der Waals surface area (Å²) in [5.41, 5.74) is 2.78. The molecule has 150 valence electrons. The van der Waals surface area contributed by atoms with E-state index in [0.29, 0.717) is 36.5 Å². The standard InChI is InChI=1S/C23H17N7O/c1-3-7-16(8-4-1)20-26-21(17-9-5-2-6-10-17)28-23(27-20)29-15-24-22-18(29)12-14-31-19-11-13-25-30(19)22/h1-11,13,15H,12,14H2. The van der Waals surface area contributed by atoms with Gasteiger partial charge in [0.15, 0.2) is 17.5 Å². The van der Waals surface area contributed by atoms with Gasteiger partial charge in [0.25, 0.3) is 0 Å². The van der Waals surface area contributed by atoms with E-state index in [-0.39, 0.29) is 0 Å². The van der Waals surface area contributed by atoms with E-state index in [2.05, 4.69) is 10.1 Å². The number of ether oxygens (including phenoxy) is 1. The van der Waals surface area contributed by atoms with Gasteiger partial charge in [-0.1, -0.05) is 60.7 Å². The van der Waals surface area contributed by atoms with Crippen molar-refractivity contribution in [2.24, 2.45) is 0 Å². The lowest BCUT2D eigenvalue weighted by atomic mass is 10.2. The molecule has 31 heavy (non-hydrogen) atoms. The van der Waals surface area contributed by atoms with Crippen LogP contribution in [0.4, 0.5) is 0 Å². The summed E-state index contributed by atoms with van der Waals surface area (Å²) in [5.74, 6) is 3.13. The Kier molecular flexibility index (Phi) is 4.05. The van der Waals surface area contributed by atoms with E-state index in [0.717, 1.165) is 22.6 Å². The Morgan fingerprint density at radius 1 is 0.774 bits per heavy atom. The molecule has 2 aromatic carbocycles. The molecule has 3 aromatic heterocycles. The van der Waals surface area contributed by atoms with Crippen LogP contribution in [0.1, 0.15) is 5.69 Å². The van der Waals surface area contributed by atoms with Crippen LogP contribution in [-0.2, 0) is 6.42 Å². The van der Waals surface area contributed by atoms with Crippen molar-refractivity contribution in [2.45, 2.75) is 6.42 Å². The number of hydrogen-bond acceptors (Lipinski definition) is 6. The maximum absolute atomic E-state index is 5.80. The van der Waals surface area contributed by atoms with Crippen molar-refractivity contribution in [1.29, 1.82) is 0 Å². The van der Waals surface area contributed by atoms with Crippen molar-refractivity contribution in [2.75, 3.05) is 6.61 Å². The Labute approximate surface area is 177 Å². The largest absolute Gasteiger partial charge is 0.477 e. The van der Waals surface area contributed by atoms with Gasteiger partial charge in [0, 0.05) is 23.6 Å². The van der Waals surface area contributed by atoms with E-state index < -0.39 is 0 Å². The number of nitrogens with zero attached hydrogens (tertiary/aromatic N) is 7. The van der Waals surface area contributed by atoms with E-state index in [1.165, 1.54) is 0 Å². The molecule has 0 N–H and O–H groups in total. The average Bonchev–Trinajstić information content (AvgIpc) is 3.43. The van der Waals surface area contributed by atoms with Crippen LogP contribution in [0.5, 0.6) is 5.88 Å². The molecule has 4 heterocycles. The summed E-state index contributed by atoms with van der Waals surface area (Å²) in [7, 11) is 0. The van der Waals surface area contributed by atoms with Crippen molar-refractivity contribution in [3.8, 4) is 40.4 Å². The topological polar surface area (TPSA) is 83.5 Å². The maximum atomic E-state index is 5.80. The second kappa shape index (κ2) is 7.17. The molecule has 0 atom stereocenters. The summed E-state index contributed by atoms with van der Waals surface area (Å²) < 4.78 is 9.40. The fourth-order valence-corrected chi connectivity index (χ4v) is 3.66. The zero-order valence-electron chi connectivity index (χ0n) is 16.5. The Balaban J connectivity index is 1.55. The van der Waals surface area contributed by atoms with Gasteiger partial charge in [0.2, 0.25) is 11.8 Å². The van der Waals surface area contributed by atoms with Crippen molar-refractivity contribution in [3.63, 3.8) is 0 Å². The van der Waals surface area contributed by atoms with Gasteiger partial charge in [-0.05, 0) is 0 Å². The molecule has 0 radical (unpaired) electrons. The monoisotopic (exact) mass is 407 g/mol. The number of hydrogen-bond donors (Lipinski definition) is 0. The van der Waals surface area contributed by atoms with Gasteiger partial charge in [-0.3, -0.25) is 4.57 Å². The number of imidazole rings is 1. The third-order valence-electron chi connectivity index (χ3n) is 5.14. The van der Waals surface area contributed by atoms with Gasteiger partial charge in [-0.2, -0.15) is 19.7 Å². The van der Waals surface area contributed by atoms with Gasteiger partial charge in [-0.25, -0.2) is 9.97 Å². The summed E-state index contributed by atoms with van der Waals surface area (Å²) >= 11 is 0. The average molecular weight is 407 g/mol. The first-order valence-electron chi connectivity index (χ1n) is 9.97. The molecular weight excluding hydrogens is 390 g/mol. The predicted molar refractivity (Wildman–Crippen MR) is 114 cm³/mol. The minimum atomic E-state index is 0.511. The molecule has 1 aliphatic rings. The molecule has 0 amide bonds. The van der Waals surface area contributed by atoms with Crippen molar-refractivity contribution in [3.05, 3.63) is 84.9 Å². The van der Waals surface area contributed by atoms with Gasteiger partial charge in [0.1, 0.15) is 6.33 Å². The molecule has 0 saturated heterocycles. The lowest BCUT2D eigenvalue weighted by Gasteiger charge is -2.10. The number of aromatic nitrogens is 7. The van der Waals surface area contributed by atoms with E-state index in [9.17, 15) is 0 Å². The highest BCUT2D eigenvalue weighted by Crippen LogP contribution is 2.26. The summed E-state index contributed by atoms with van der Waals surface area (Å²) in [6, 6.07) is 21.6. The van der Waals surface area contributed by atoms with E-state index in [1.807, 2.05) is 71.3 Å². The van der Waals surface area contributed by atoms with E-state index >= 15 is 0 Å². The van der Waals surface area contributed by atoms with Crippen LogP contribution in [0.15, 0.2) is 79.3 Å². The molecule has 0 unspecified atom stereocenters. The summed E-state index contributed by atoms with van der Waals surface area (Å²) in [6.45, 7) is 0.520. The maximum Gasteiger partial charge on any atom is 0.239 e. The molecule has 8 heteroatoms. The lowest BCUT2D eigenvalue weighted by Crippen LogP contribution is -2.10. The second-order valence-corrected chi connectivity index (χ2v) is 7.08. The molecule has 0 fully saturated rings. The first kappa shape index (κ1) is 17.5. The van der Waals surface area contributed by atoms with Crippen molar-refractivity contribution in [1.82, 2.24) is 34.3 Å². The minimum absolute atomic E-state index is 0.511. The van der Waals surface area contributed by atoms with Crippen LogP contribution >= 0.6 is 0 Å². The highest BCUT2D eigenvalue weighted by Gasteiger charge is 2.23. The Bertz CT molecular complexity index is 1300. The van der Waals surface area contributed by atoms with Crippen LogP contribution in [-0.4, -0.2) is 40.9 Å². The fourth-order valence-electron chi connectivity index (χ4n) is 3.66. The van der Waals surface area contributed by atoms with Crippen molar-refractivity contribution < 1.29 is 4.74 Å². The molecule has 6 rings (SSSR count). The quantitative estimate of drug-likeness (QED) is 0.455. The van der Waals surface area contributed by atoms with Gasteiger partial charge in [-0.15, -0.1) is 0 Å². The third kappa shape index (κ3) is 3.05. The number of rotatable bonds is 3. The minimum Gasteiger partial charge on any atom is -0.477 e. The van der Waals surface area contributed by atoms with Crippen LogP contribution in [0.2, 0.25) is 0 Å². The summed E-state index contributed by atoms with van der Waals surface area (Å²) in [4.78, 5) is 18.9. The molecule has 5 aromatic rings. The molecule has 1 aliphatic heterocycles. The zero-order valence-corrected chi connectivity index (χ0v) is 16.5. The summed E-state index contributed by atoms with van der Waals surface area (Å²) in [5, 5.41) is 4.36. The zero-order chi connectivity index (χ0) is 20.6. The van der Waals surface area contributed by atoms with E-state index in [4.69, 9.17) is 19.7 Å². The Hall–Kier alpha value is -4.33. The van der Waals surface area contributed by atoms with Crippen LogP contribution < -0.4 is 4.74 Å². The third-order valence-corrected chi connectivity index (χ3v) is 5.14. The first-order valence-corrected chi connectivity index (χ1v) is 9.97. The predicted octanol–water partition coefficient (Wildman–Crippen LogP) is 3.51. The summed E-state index contributed by atoms with van der Waals surface area (Å²) in [6.07, 6.45) is 4.10. The molecule has 0 spiro atoms. The van der Waals surface area contributed by atoms with Crippen LogP contribution in [0.25, 0.3) is 34.5 Å². The highest BCUT2D eigenvalue weighted by molar-refractivity contribution is 5.61. The highest BCUT2D eigenvalue weighted by atomic mass is 16.5.